The van der Waals surface area contributed by atoms with Crippen LogP contribution in [-0.2, 0) is 0 Å². The average Bonchev–Trinajstić information content (AvgIpc) is 3.21. The number of aromatic nitrogens is 1. The van der Waals surface area contributed by atoms with Crippen molar-refractivity contribution >= 4 is 45.0 Å². The first kappa shape index (κ1) is 17.8. The van der Waals surface area contributed by atoms with Gasteiger partial charge in [0.25, 0.3) is 0 Å². The minimum Gasteiger partial charge on any atom is -0.356 e. The third-order valence-corrected chi connectivity index (χ3v) is 6.60. The summed E-state index contributed by atoms with van der Waals surface area (Å²) in [6, 6.07) is 8.61. The second-order valence-electron chi connectivity index (χ2n) is 5.59. The molecule has 0 amide bonds. The highest BCUT2D eigenvalue weighted by molar-refractivity contribution is 9.10. The number of nitrogens with one attached hydrogen (secondary N) is 2. The van der Waals surface area contributed by atoms with E-state index in [4.69, 9.17) is 0 Å². The Morgan fingerprint density at radius 1 is 1.38 bits per heavy atom. The summed E-state index contributed by atoms with van der Waals surface area (Å²) in [4.78, 5) is 10.4. The number of nitrogens with zero attached hydrogens (tertiary/aromatic N) is 2. The van der Waals surface area contributed by atoms with Gasteiger partial charge in [-0.25, -0.2) is 4.98 Å². The smallest absolute Gasteiger partial charge is 0.191 e. The number of thioether (sulfide) groups is 1. The monoisotopic (exact) mass is 424 g/mol. The van der Waals surface area contributed by atoms with Crippen LogP contribution in [0.25, 0.3) is 0 Å². The number of unbranched alkanes of at least 4 members (excludes halogenated alkanes) is 1. The van der Waals surface area contributed by atoms with Gasteiger partial charge in [0.05, 0.1) is 23.3 Å². The zero-order valence-corrected chi connectivity index (χ0v) is 16.8. The molecular weight excluding hydrogens is 404 g/mol. The molecule has 1 aromatic carbocycles. The van der Waals surface area contributed by atoms with Crippen LogP contribution in [0.15, 0.2) is 44.0 Å². The molecule has 0 bridgehead atoms. The molecule has 128 valence electrons. The molecule has 2 aromatic rings. The molecule has 24 heavy (non-hydrogen) atoms. The molecule has 0 saturated carbocycles. The summed E-state index contributed by atoms with van der Waals surface area (Å²) in [7, 11) is 0. The Morgan fingerprint density at radius 2 is 2.25 bits per heavy atom. The molecule has 2 heterocycles. The Balaban J connectivity index is 1.30. The van der Waals surface area contributed by atoms with Gasteiger partial charge in [0, 0.05) is 21.3 Å². The van der Waals surface area contributed by atoms with Crippen molar-refractivity contribution < 1.29 is 0 Å². The number of thiazole rings is 1. The SMILES string of the molecule is Cc1nc(C2CN=C(NCCCCSc3ccccc3Br)N2)cs1. The Morgan fingerprint density at radius 3 is 3.04 bits per heavy atom. The summed E-state index contributed by atoms with van der Waals surface area (Å²) in [5.74, 6) is 2.04. The summed E-state index contributed by atoms with van der Waals surface area (Å²) in [5, 5.41) is 10.0. The maximum atomic E-state index is 4.53. The maximum absolute atomic E-state index is 4.53. The average molecular weight is 425 g/mol. The highest BCUT2D eigenvalue weighted by Crippen LogP contribution is 2.27. The zero-order valence-electron chi connectivity index (χ0n) is 13.6. The van der Waals surface area contributed by atoms with Gasteiger partial charge in [0.15, 0.2) is 5.96 Å². The normalized spacial score (nSPS) is 16.8. The van der Waals surface area contributed by atoms with E-state index in [1.54, 1.807) is 11.3 Å². The first-order valence-electron chi connectivity index (χ1n) is 8.06. The molecule has 7 heteroatoms. The summed E-state index contributed by atoms with van der Waals surface area (Å²) >= 11 is 7.18. The fourth-order valence-electron chi connectivity index (χ4n) is 2.43. The van der Waals surface area contributed by atoms with Crippen LogP contribution in [-0.4, -0.2) is 29.8 Å². The summed E-state index contributed by atoms with van der Waals surface area (Å²) in [6.07, 6.45) is 2.32. The van der Waals surface area contributed by atoms with Gasteiger partial charge in [0.1, 0.15) is 0 Å². The molecule has 1 aliphatic rings. The molecule has 3 rings (SSSR count). The number of aryl methyl sites for hydroxylation is 1. The van der Waals surface area contributed by atoms with E-state index in [1.807, 2.05) is 24.8 Å². The quantitative estimate of drug-likeness (QED) is 0.511. The lowest BCUT2D eigenvalue weighted by Crippen LogP contribution is -2.36. The van der Waals surface area contributed by atoms with Crippen molar-refractivity contribution in [3.05, 3.63) is 44.8 Å². The van der Waals surface area contributed by atoms with Crippen molar-refractivity contribution in [1.29, 1.82) is 0 Å². The minimum absolute atomic E-state index is 0.225. The van der Waals surface area contributed by atoms with Crippen molar-refractivity contribution in [2.45, 2.75) is 30.7 Å². The van der Waals surface area contributed by atoms with Gasteiger partial charge in [-0.15, -0.1) is 23.1 Å². The lowest BCUT2D eigenvalue weighted by atomic mass is 10.2. The highest BCUT2D eigenvalue weighted by atomic mass is 79.9. The van der Waals surface area contributed by atoms with Gasteiger partial charge < -0.3 is 10.6 Å². The topological polar surface area (TPSA) is 49.3 Å². The third kappa shape index (κ3) is 4.97. The van der Waals surface area contributed by atoms with E-state index < -0.39 is 0 Å². The van der Waals surface area contributed by atoms with E-state index in [0.717, 1.165) is 41.9 Å². The molecule has 0 spiro atoms. The molecular formula is C17H21BrN4S2. The number of hydrogen-bond acceptors (Lipinski definition) is 6. The number of aliphatic imine (C=N–C) groups is 1. The second kappa shape index (κ2) is 8.87. The fourth-order valence-corrected chi connectivity index (χ4v) is 4.67. The van der Waals surface area contributed by atoms with Crippen LogP contribution >= 0.6 is 39.0 Å². The molecule has 0 saturated heterocycles. The Labute approximate surface area is 159 Å². The molecule has 4 nitrogen and oxygen atoms in total. The molecule has 0 fully saturated rings. The van der Waals surface area contributed by atoms with E-state index in [-0.39, 0.29) is 6.04 Å². The number of rotatable bonds is 7. The zero-order chi connectivity index (χ0) is 16.8. The van der Waals surface area contributed by atoms with Crippen LogP contribution in [0.1, 0.15) is 29.6 Å². The number of guanidine groups is 1. The van der Waals surface area contributed by atoms with Gasteiger partial charge in [-0.3, -0.25) is 4.99 Å². The molecule has 1 aromatic heterocycles. The van der Waals surface area contributed by atoms with Crippen LogP contribution in [0.3, 0.4) is 0 Å². The van der Waals surface area contributed by atoms with Crippen LogP contribution in [0, 0.1) is 6.92 Å². The second-order valence-corrected chi connectivity index (χ2v) is 8.64. The number of hydrogen-bond donors (Lipinski definition) is 2. The van der Waals surface area contributed by atoms with Crippen LogP contribution in [0.2, 0.25) is 0 Å². The number of benzene rings is 1. The van der Waals surface area contributed by atoms with Crippen molar-refractivity contribution in [2.75, 3.05) is 18.8 Å². The standard InChI is InChI=1S/C17H21BrN4S2/c1-12-21-15(11-24-12)14-10-20-17(22-14)19-8-4-5-9-23-16-7-3-2-6-13(16)18/h2-3,6-7,11,14H,4-5,8-10H2,1H3,(H2,19,20,22). The molecule has 1 aliphatic heterocycles. The van der Waals surface area contributed by atoms with Crippen LogP contribution in [0.4, 0.5) is 0 Å². The fraction of sp³-hybridized carbons (Fsp3) is 0.412. The summed E-state index contributed by atoms with van der Waals surface area (Å²) in [5.41, 5.74) is 1.10. The molecule has 0 aliphatic carbocycles. The number of halogens is 1. The molecule has 2 N–H and O–H groups in total. The van der Waals surface area contributed by atoms with Gasteiger partial charge in [-0.1, -0.05) is 12.1 Å². The van der Waals surface area contributed by atoms with Gasteiger partial charge in [-0.05, 0) is 53.6 Å². The van der Waals surface area contributed by atoms with E-state index in [9.17, 15) is 0 Å². The van der Waals surface area contributed by atoms with Crippen molar-refractivity contribution in [3.63, 3.8) is 0 Å². The third-order valence-electron chi connectivity index (χ3n) is 3.69. The van der Waals surface area contributed by atoms with Gasteiger partial charge >= 0.3 is 0 Å². The van der Waals surface area contributed by atoms with E-state index >= 15 is 0 Å². The lowest BCUT2D eigenvalue weighted by Gasteiger charge is -2.10. The first-order chi connectivity index (χ1) is 11.7. The Bertz CT molecular complexity index is 701. The van der Waals surface area contributed by atoms with E-state index in [0.29, 0.717) is 0 Å². The Hall–Kier alpha value is -1.05. The minimum atomic E-state index is 0.225. The largest absolute Gasteiger partial charge is 0.356 e. The maximum Gasteiger partial charge on any atom is 0.191 e. The van der Waals surface area contributed by atoms with Crippen molar-refractivity contribution in [3.8, 4) is 0 Å². The van der Waals surface area contributed by atoms with Crippen LogP contribution in [0.5, 0.6) is 0 Å². The highest BCUT2D eigenvalue weighted by Gasteiger charge is 2.20. The van der Waals surface area contributed by atoms with Crippen molar-refractivity contribution in [2.24, 2.45) is 4.99 Å². The first-order valence-corrected chi connectivity index (χ1v) is 10.7. The summed E-state index contributed by atoms with van der Waals surface area (Å²) < 4.78 is 1.18. The lowest BCUT2D eigenvalue weighted by molar-refractivity contribution is 0.673. The Kier molecular flexibility index (Phi) is 6.57. The van der Waals surface area contributed by atoms with E-state index in [1.165, 1.54) is 15.8 Å². The van der Waals surface area contributed by atoms with Gasteiger partial charge in [-0.2, -0.15) is 0 Å². The predicted octanol–water partition coefficient (Wildman–Crippen LogP) is 4.38. The molecule has 1 atom stereocenters. The van der Waals surface area contributed by atoms with Crippen LogP contribution < -0.4 is 10.6 Å². The summed E-state index contributed by atoms with van der Waals surface area (Å²) in [6.45, 7) is 3.75. The van der Waals surface area contributed by atoms with Gasteiger partial charge in [0.2, 0.25) is 0 Å². The molecule has 0 radical (unpaired) electrons. The van der Waals surface area contributed by atoms with Crippen molar-refractivity contribution in [1.82, 2.24) is 15.6 Å². The van der Waals surface area contributed by atoms with E-state index in [2.05, 4.69) is 60.1 Å². The molecule has 1 unspecified atom stereocenters. The predicted molar refractivity (Wildman–Crippen MR) is 107 cm³/mol.